The zero-order chi connectivity index (χ0) is 24.3. The van der Waals surface area contributed by atoms with Gasteiger partial charge in [0.25, 0.3) is 5.56 Å². The molecule has 2 rings (SSSR count). The molecular formula is C24H36N4O5. The van der Waals surface area contributed by atoms with E-state index in [-0.39, 0.29) is 12.4 Å². The number of hydrogen-bond donors (Lipinski definition) is 2. The van der Waals surface area contributed by atoms with Gasteiger partial charge in [-0.1, -0.05) is 44.7 Å². The van der Waals surface area contributed by atoms with Gasteiger partial charge in [-0.2, -0.15) is 0 Å². The van der Waals surface area contributed by atoms with Gasteiger partial charge in [-0.05, 0) is 51.3 Å². The summed E-state index contributed by atoms with van der Waals surface area (Å²) in [4.78, 5) is 36.7. The van der Waals surface area contributed by atoms with E-state index >= 15 is 0 Å². The minimum Gasteiger partial charge on any atom is -0.476 e. The van der Waals surface area contributed by atoms with Gasteiger partial charge in [-0.25, -0.2) is 14.7 Å². The number of anilines is 1. The van der Waals surface area contributed by atoms with E-state index in [0.717, 1.165) is 37.7 Å². The minimum atomic E-state index is -1.10. The number of H-pyrrole nitrogens is 1. The van der Waals surface area contributed by atoms with E-state index in [0.29, 0.717) is 25.3 Å². The molecule has 2 N–H and O–H groups in total. The van der Waals surface area contributed by atoms with Crippen molar-refractivity contribution in [2.24, 2.45) is 0 Å². The molecule has 0 amide bonds. The lowest BCUT2D eigenvalue weighted by Crippen LogP contribution is -2.39. The molecule has 33 heavy (non-hydrogen) atoms. The van der Waals surface area contributed by atoms with Gasteiger partial charge in [0.15, 0.2) is 5.60 Å². The molecule has 0 saturated carbocycles. The number of nitrogens with one attached hydrogen (secondary N) is 2. The van der Waals surface area contributed by atoms with Crippen molar-refractivity contribution in [2.45, 2.75) is 78.4 Å². The highest BCUT2D eigenvalue weighted by Gasteiger charge is 2.31. The van der Waals surface area contributed by atoms with Gasteiger partial charge >= 0.3 is 11.7 Å². The maximum absolute atomic E-state index is 12.6. The molecule has 1 aromatic heterocycles. The van der Waals surface area contributed by atoms with E-state index in [1.165, 1.54) is 4.57 Å². The van der Waals surface area contributed by atoms with Crippen LogP contribution in [0.25, 0.3) is 0 Å². The Hall–Kier alpha value is -3.10. The first-order valence-electron chi connectivity index (χ1n) is 11.7. The van der Waals surface area contributed by atoms with Gasteiger partial charge in [0.1, 0.15) is 5.75 Å². The van der Waals surface area contributed by atoms with Crippen molar-refractivity contribution in [3.63, 3.8) is 0 Å². The first kappa shape index (κ1) is 26.2. The smallest absolute Gasteiger partial charge is 0.349 e. The highest BCUT2D eigenvalue weighted by molar-refractivity contribution is 5.79. The van der Waals surface area contributed by atoms with Crippen LogP contribution >= 0.6 is 0 Å². The highest BCUT2D eigenvalue weighted by atomic mass is 16.6. The Balaban J connectivity index is 1.95. The van der Waals surface area contributed by atoms with Crippen LogP contribution in [0.2, 0.25) is 0 Å². The molecule has 9 nitrogen and oxygen atoms in total. The van der Waals surface area contributed by atoms with E-state index in [2.05, 4.69) is 22.4 Å². The van der Waals surface area contributed by atoms with E-state index in [1.54, 1.807) is 26.8 Å². The molecule has 0 radical (unpaired) electrons. The fraction of sp³-hybridized carbons (Fsp3) is 0.583. The van der Waals surface area contributed by atoms with E-state index in [9.17, 15) is 14.4 Å². The molecule has 0 spiro atoms. The lowest BCUT2D eigenvalue weighted by Gasteiger charge is -2.24. The summed E-state index contributed by atoms with van der Waals surface area (Å²) in [5, 5.41) is 9.28. The second kappa shape index (κ2) is 12.8. The summed E-state index contributed by atoms with van der Waals surface area (Å²) in [6.45, 7) is 8.33. The summed E-state index contributed by atoms with van der Waals surface area (Å²) < 4.78 is 12.1. The summed E-state index contributed by atoms with van der Waals surface area (Å²) in [7, 11) is 0. The number of carbonyl (C=O) groups excluding carboxylic acids is 1. The summed E-state index contributed by atoms with van der Waals surface area (Å²) in [6.07, 6.45) is 5.74. The van der Waals surface area contributed by atoms with Crippen LogP contribution in [0.5, 0.6) is 5.75 Å². The van der Waals surface area contributed by atoms with Crippen molar-refractivity contribution in [2.75, 3.05) is 18.5 Å². The first-order valence-corrected chi connectivity index (χ1v) is 11.7. The van der Waals surface area contributed by atoms with Gasteiger partial charge < -0.3 is 14.8 Å². The molecule has 0 unspecified atom stereocenters. The number of rotatable bonds is 14. The number of hydrogen-bond acceptors (Lipinski definition) is 7. The third kappa shape index (κ3) is 8.07. The number of ether oxygens (including phenoxy) is 2. The fourth-order valence-electron chi connectivity index (χ4n) is 3.35. The molecule has 0 aliphatic heterocycles. The molecule has 0 aliphatic carbocycles. The van der Waals surface area contributed by atoms with Gasteiger partial charge in [0, 0.05) is 13.1 Å². The standard InChI is InChI=1S/C24H36N4O5/c1-5-7-8-9-10-16-28-21(29)20(26-27-23(28)31)25-15-14-18-12-11-13-19(17-18)33-24(3,4)22(30)32-6-2/h11-13,17H,5-10,14-16H2,1-4H3,(H,25,26)(H,27,31). The quantitative estimate of drug-likeness (QED) is 0.328. The van der Waals surface area contributed by atoms with Crippen LogP contribution < -0.4 is 21.3 Å². The van der Waals surface area contributed by atoms with Crippen LogP contribution in [0.1, 0.15) is 65.4 Å². The van der Waals surface area contributed by atoms with Crippen LogP contribution in [0.15, 0.2) is 33.9 Å². The average molecular weight is 461 g/mol. The van der Waals surface area contributed by atoms with Crippen LogP contribution in [0.4, 0.5) is 5.82 Å². The lowest BCUT2D eigenvalue weighted by atomic mass is 10.1. The van der Waals surface area contributed by atoms with Gasteiger partial charge in [-0.15, -0.1) is 5.10 Å². The van der Waals surface area contributed by atoms with Crippen LogP contribution in [-0.2, 0) is 22.5 Å². The minimum absolute atomic E-state index is 0.124. The predicted octanol–water partition coefficient (Wildman–Crippen LogP) is 3.28. The van der Waals surface area contributed by atoms with Crippen LogP contribution in [-0.4, -0.2) is 39.5 Å². The molecule has 0 fully saturated rings. The topological polar surface area (TPSA) is 115 Å². The van der Waals surface area contributed by atoms with E-state index in [1.807, 2.05) is 18.2 Å². The lowest BCUT2D eigenvalue weighted by molar-refractivity contribution is -0.158. The van der Waals surface area contributed by atoms with Crippen molar-refractivity contribution in [3.05, 3.63) is 50.7 Å². The monoisotopic (exact) mass is 460 g/mol. The molecule has 2 aromatic rings. The number of benzene rings is 1. The number of esters is 1. The Bertz CT molecular complexity index is 1010. The molecule has 0 aliphatic rings. The van der Waals surface area contributed by atoms with E-state index < -0.39 is 22.8 Å². The van der Waals surface area contributed by atoms with Crippen molar-refractivity contribution >= 4 is 11.8 Å². The van der Waals surface area contributed by atoms with Crippen LogP contribution in [0.3, 0.4) is 0 Å². The Labute approximate surface area is 194 Å². The molecule has 0 bridgehead atoms. The van der Waals surface area contributed by atoms with Gasteiger partial charge in [0.05, 0.1) is 6.61 Å². The summed E-state index contributed by atoms with van der Waals surface area (Å²) in [6, 6.07) is 7.40. The van der Waals surface area contributed by atoms with Crippen molar-refractivity contribution < 1.29 is 14.3 Å². The molecular weight excluding hydrogens is 424 g/mol. The SMILES string of the molecule is CCCCCCCn1c(=O)[nH]nc(NCCc2cccc(OC(C)(C)C(=O)OCC)c2)c1=O. The zero-order valence-electron chi connectivity index (χ0n) is 20.1. The molecule has 1 heterocycles. The molecule has 9 heteroatoms. The third-order valence-electron chi connectivity index (χ3n) is 5.19. The second-order valence-corrected chi connectivity index (χ2v) is 8.41. The molecule has 1 aromatic carbocycles. The Morgan fingerprint density at radius 2 is 1.91 bits per heavy atom. The van der Waals surface area contributed by atoms with Gasteiger partial charge in [0.2, 0.25) is 5.82 Å². The number of nitrogens with zero attached hydrogens (tertiary/aromatic N) is 2. The fourth-order valence-corrected chi connectivity index (χ4v) is 3.35. The number of unbranched alkanes of at least 4 members (excludes halogenated alkanes) is 4. The summed E-state index contributed by atoms with van der Waals surface area (Å²) in [5.74, 6) is 0.250. The first-order chi connectivity index (χ1) is 15.8. The number of carbonyl (C=O) groups is 1. The zero-order valence-corrected chi connectivity index (χ0v) is 20.1. The Kier molecular flexibility index (Phi) is 10.2. The summed E-state index contributed by atoms with van der Waals surface area (Å²) in [5.41, 5.74) is -1.05. The third-order valence-corrected chi connectivity index (χ3v) is 5.19. The number of aromatic amines is 1. The largest absolute Gasteiger partial charge is 0.476 e. The normalized spacial score (nSPS) is 11.3. The molecule has 0 saturated heterocycles. The molecule has 0 atom stereocenters. The Morgan fingerprint density at radius 3 is 2.64 bits per heavy atom. The average Bonchev–Trinajstić information content (AvgIpc) is 2.77. The molecule has 182 valence electrons. The van der Waals surface area contributed by atoms with E-state index in [4.69, 9.17) is 9.47 Å². The Morgan fingerprint density at radius 1 is 1.15 bits per heavy atom. The van der Waals surface area contributed by atoms with Crippen molar-refractivity contribution in [1.82, 2.24) is 14.8 Å². The maximum Gasteiger partial charge on any atom is 0.349 e. The predicted molar refractivity (Wildman–Crippen MR) is 128 cm³/mol. The maximum atomic E-state index is 12.6. The summed E-state index contributed by atoms with van der Waals surface area (Å²) >= 11 is 0. The second-order valence-electron chi connectivity index (χ2n) is 8.41. The van der Waals surface area contributed by atoms with Gasteiger partial charge in [-0.3, -0.25) is 9.36 Å². The highest BCUT2D eigenvalue weighted by Crippen LogP contribution is 2.21. The van der Waals surface area contributed by atoms with Crippen molar-refractivity contribution in [3.8, 4) is 5.75 Å². The van der Waals surface area contributed by atoms with Crippen LogP contribution in [0, 0.1) is 0 Å². The number of aromatic nitrogens is 3. The van der Waals surface area contributed by atoms with Crippen molar-refractivity contribution in [1.29, 1.82) is 0 Å².